The minimum absolute atomic E-state index is 0.207. The lowest BCUT2D eigenvalue weighted by Gasteiger charge is -2.09. The Morgan fingerprint density at radius 2 is 1.92 bits per heavy atom. The number of H-pyrrole nitrogens is 1. The van der Waals surface area contributed by atoms with Crippen LogP contribution in [0.15, 0.2) is 36.9 Å². The summed E-state index contributed by atoms with van der Waals surface area (Å²) in [5.74, 6) is -0.362. The first-order chi connectivity index (χ1) is 12.1. The summed E-state index contributed by atoms with van der Waals surface area (Å²) in [6.07, 6.45) is 4.02. The normalized spacial score (nSPS) is 11.0. The molecule has 4 rings (SSSR count). The lowest BCUT2D eigenvalue weighted by Crippen LogP contribution is -2.02. The van der Waals surface area contributed by atoms with Crippen molar-refractivity contribution in [2.45, 2.75) is 6.92 Å². The smallest absolute Gasteiger partial charge is 0.183 e. The zero-order valence-corrected chi connectivity index (χ0v) is 13.0. The Balaban J connectivity index is 1.85. The molecule has 0 atom stereocenters. The van der Waals surface area contributed by atoms with Crippen LogP contribution in [0.1, 0.15) is 5.69 Å². The highest BCUT2D eigenvalue weighted by Crippen LogP contribution is 2.25. The van der Waals surface area contributed by atoms with Gasteiger partial charge in [-0.25, -0.2) is 28.7 Å². The van der Waals surface area contributed by atoms with E-state index in [1.54, 1.807) is 6.92 Å². The molecule has 0 aromatic carbocycles. The number of hydrogen-bond acceptors (Lipinski definition) is 6. The van der Waals surface area contributed by atoms with Crippen molar-refractivity contribution in [2.75, 3.05) is 5.32 Å². The molecule has 0 unspecified atom stereocenters. The number of aromatic amines is 1. The molecule has 4 heterocycles. The van der Waals surface area contributed by atoms with Crippen LogP contribution >= 0.6 is 0 Å². The quantitative estimate of drug-likeness (QED) is 0.596. The summed E-state index contributed by atoms with van der Waals surface area (Å²) in [6.45, 7) is 1.55. The van der Waals surface area contributed by atoms with Crippen molar-refractivity contribution in [2.24, 2.45) is 0 Å². The van der Waals surface area contributed by atoms with Gasteiger partial charge in [0.2, 0.25) is 0 Å². The predicted octanol–water partition coefficient (Wildman–Crippen LogP) is 3.14. The van der Waals surface area contributed by atoms with Crippen molar-refractivity contribution in [1.82, 2.24) is 29.9 Å². The van der Waals surface area contributed by atoms with Gasteiger partial charge in [-0.1, -0.05) is 0 Å². The third-order valence-corrected chi connectivity index (χ3v) is 3.56. The van der Waals surface area contributed by atoms with E-state index in [1.807, 2.05) is 0 Å². The van der Waals surface area contributed by atoms with E-state index in [1.165, 1.54) is 30.7 Å². The highest BCUT2D eigenvalue weighted by Gasteiger charge is 2.14. The average molecular weight is 339 g/mol. The van der Waals surface area contributed by atoms with Crippen LogP contribution in [0.5, 0.6) is 0 Å². The van der Waals surface area contributed by atoms with Gasteiger partial charge in [-0.3, -0.25) is 4.98 Å². The summed E-state index contributed by atoms with van der Waals surface area (Å²) in [5, 5.41) is 2.90. The number of nitrogens with zero attached hydrogens (tertiary/aromatic N) is 5. The van der Waals surface area contributed by atoms with Gasteiger partial charge in [0.15, 0.2) is 23.1 Å². The number of halogens is 2. The number of pyridine rings is 2. The third-order valence-electron chi connectivity index (χ3n) is 3.56. The zero-order valence-electron chi connectivity index (χ0n) is 13.0. The van der Waals surface area contributed by atoms with Crippen molar-refractivity contribution >= 4 is 22.7 Å². The molecule has 7 nitrogen and oxygen atoms in total. The number of hydrogen-bond donors (Lipinski definition) is 2. The molecule has 2 N–H and O–H groups in total. The third kappa shape index (κ3) is 2.75. The molecule has 9 heteroatoms. The standard InChI is InChI=1S/C16H11F2N7/c1-8-9(17)2-3-12(22-8)14-24-15-13(20-7-21-15)16(25-14)23-11-4-5-19-6-10(11)18/h2-7H,1H3,(H2,19,20,21,23,24,25). The SMILES string of the molecule is Cc1nc(-c2nc(Nc3ccncc3F)c3[nH]cnc3n2)ccc1F. The van der Waals surface area contributed by atoms with Crippen LogP contribution < -0.4 is 5.32 Å². The van der Waals surface area contributed by atoms with Gasteiger partial charge < -0.3 is 10.3 Å². The predicted molar refractivity (Wildman–Crippen MR) is 87.1 cm³/mol. The molecule has 0 spiro atoms. The largest absolute Gasteiger partial charge is 0.340 e. The van der Waals surface area contributed by atoms with Crippen LogP contribution in [-0.2, 0) is 0 Å². The van der Waals surface area contributed by atoms with Gasteiger partial charge in [-0.2, -0.15) is 0 Å². The second-order valence-corrected chi connectivity index (χ2v) is 5.24. The Hall–Kier alpha value is -3.49. The molecular weight excluding hydrogens is 328 g/mol. The van der Waals surface area contributed by atoms with E-state index in [0.29, 0.717) is 22.7 Å². The van der Waals surface area contributed by atoms with Crippen LogP contribution in [0.3, 0.4) is 0 Å². The number of imidazole rings is 1. The van der Waals surface area contributed by atoms with Crippen LogP contribution in [-0.4, -0.2) is 29.9 Å². The van der Waals surface area contributed by atoms with E-state index in [-0.39, 0.29) is 17.2 Å². The maximum absolute atomic E-state index is 13.9. The molecule has 0 saturated heterocycles. The maximum atomic E-state index is 13.9. The van der Waals surface area contributed by atoms with Gasteiger partial charge in [0.05, 0.1) is 23.9 Å². The molecule has 0 aliphatic rings. The van der Waals surface area contributed by atoms with Gasteiger partial charge >= 0.3 is 0 Å². The molecule has 0 radical (unpaired) electrons. The van der Waals surface area contributed by atoms with Crippen molar-refractivity contribution in [1.29, 1.82) is 0 Å². The van der Waals surface area contributed by atoms with E-state index < -0.39 is 11.6 Å². The van der Waals surface area contributed by atoms with E-state index in [9.17, 15) is 8.78 Å². The van der Waals surface area contributed by atoms with Crippen molar-refractivity contribution in [3.05, 3.63) is 54.2 Å². The number of nitrogens with one attached hydrogen (secondary N) is 2. The van der Waals surface area contributed by atoms with Crippen molar-refractivity contribution in [3.8, 4) is 11.5 Å². The number of rotatable bonds is 3. The molecule has 25 heavy (non-hydrogen) atoms. The lowest BCUT2D eigenvalue weighted by atomic mass is 10.3. The number of fused-ring (bicyclic) bond motifs is 1. The van der Waals surface area contributed by atoms with Gasteiger partial charge in [0.1, 0.15) is 17.0 Å². The molecule has 0 aliphatic heterocycles. The highest BCUT2D eigenvalue weighted by molar-refractivity contribution is 5.86. The summed E-state index contributed by atoms with van der Waals surface area (Å²) >= 11 is 0. The fourth-order valence-electron chi connectivity index (χ4n) is 2.31. The summed E-state index contributed by atoms with van der Waals surface area (Å²) < 4.78 is 27.3. The van der Waals surface area contributed by atoms with Crippen molar-refractivity contribution < 1.29 is 8.78 Å². The number of aryl methyl sites for hydroxylation is 1. The van der Waals surface area contributed by atoms with Gasteiger partial charge in [0.25, 0.3) is 0 Å². The fourth-order valence-corrected chi connectivity index (χ4v) is 2.31. The Bertz CT molecular complexity index is 1080. The topological polar surface area (TPSA) is 92.3 Å². The highest BCUT2D eigenvalue weighted by atomic mass is 19.1. The Labute approximate surface area is 140 Å². The average Bonchev–Trinajstić information content (AvgIpc) is 3.08. The van der Waals surface area contributed by atoms with Gasteiger partial charge in [-0.15, -0.1) is 0 Å². The van der Waals surface area contributed by atoms with E-state index in [0.717, 1.165) is 6.20 Å². The molecule has 4 aromatic heterocycles. The maximum Gasteiger partial charge on any atom is 0.183 e. The summed E-state index contributed by atoms with van der Waals surface area (Å²) in [4.78, 5) is 23.6. The van der Waals surface area contributed by atoms with Crippen LogP contribution in [0.25, 0.3) is 22.7 Å². The minimum Gasteiger partial charge on any atom is -0.340 e. The first kappa shape index (κ1) is 15.1. The monoisotopic (exact) mass is 339 g/mol. The van der Waals surface area contributed by atoms with Gasteiger partial charge in [0, 0.05) is 6.20 Å². The molecule has 0 fully saturated rings. The minimum atomic E-state index is -0.522. The van der Waals surface area contributed by atoms with Crippen LogP contribution in [0.4, 0.5) is 20.3 Å². The molecule has 0 bridgehead atoms. The zero-order chi connectivity index (χ0) is 17.4. The molecule has 0 saturated carbocycles. The van der Waals surface area contributed by atoms with Crippen LogP contribution in [0.2, 0.25) is 0 Å². The molecule has 4 aromatic rings. The molecule has 0 aliphatic carbocycles. The Morgan fingerprint density at radius 1 is 1.04 bits per heavy atom. The van der Waals surface area contributed by atoms with Gasteiger partial charge in [-0.05, 0) is 25.1 Å². The fraction of sp³-hybridized carbons (Fsp3) is 0.0625. The molecule has 0 amide bonds. The van der Waals surface area contributed by atoms with E-state index >= 15 is 0 Å². The lowest BCUT2D eigenvalue weighted by molar-refractivity contribution is 0.610. The second-order valence-electron chi connectivity index (χ2n) is 5.24. The number of aromatic nitrogens is 6. The summed E-state index contributed by atoms with van der Waals surface area (Å²) in [6, 6.07) is 4.26. The number of anilines is 2. The molecular formula is C16H11F2N7. The summed E-state index contributed by atoms with van der Waals surface area (Å²) in [7, 11) is 0. The molecule has 124 valence electrons. The summed E-state index contributed by atoms with van der Waals surface area (Å²) in [5.41, 5.74) is 1.73. The van der Waals surface area contributed by atoms with E-state index in [4.69, 9.17) is 0 Å². The second kappa shape index (κ2) is 5.86. The van der Waals surface area contributed by atoms with E-state index in [2.05, 4.69) is 35.2 Å². The first-order valence-electron chi connectivity index (χ1n) is 7.33. The first-order valence-corrected chi connectivity index (χ1v) is 7.33. The van der Waals surface area contributed by atoms with Crippen LogP contribution in [0, 0.1) is 18.6 Å². The van der Waals surface area contributed by atoms with Crippen molar-refractivity contribution in [3.63, 3.8) is 0 Å². The Morgan fingerprint density at radius 3 is 2.72 bits per heavy atom. The Kier molecular flexibility index (Phi) is 3.53.